The number of hydrogen-bond donors (Lipinski definition) is 1. The third kappa shape index (κ3) is 5.52. The fourth-order valence-corrected chi connectivity index (χ4v) is 5.89. The Morgan fingerprint density at radius 2 is 1.72 bits per heavy atom. The number of hydrogen-bond acceptors (Lipinski definition) is 6. The van der Waals surface area contributed by atoms with Gasteiger partial charge in [-0.1, -0.05) is 12.1 Å². The van der Waals surface area contributed by atoms with Crippen molar-refractivity contribution in [2.45, 2.75) is 58.0 Å². The van der Waals surface area contributed by atoms with Gasteiger partial charge in [-0.15, -0.1) is 0 Å². The summed E-state index contributed by atoms with van der Waals surface area (Å²) >= 11 is 0. The molecule has 0 unspecified atom stereocenters. The number of imidazole rings is 1. The molecular weight excluding hydrogens is 493 g/mol. The Kier molecular flexibility index (Phi) is 6.93. The maximum absolute atomic E-state index is 14.1. The van der Waals surface area contributed by atoms with Gasteiger partial charge >= 0.3 is 0 Å². The Balaban J connectivity index is 1.30. The summed E-state index contributed by atoms with van der Waals surface area (Å²) in [4.78, 5) is 24.6. The largest absolute Gasteiger partial charge is 0.457 e. The molecule has 0 spiro atoms. The van der Waals surface area contributed by atoms with Crippen molar-refractivity contribution in [1.82, 2.24) is 19.4 Å². The molecule has 7 nitrogen and oxygen atoms in total. The number of ether oxygens (including phenoxy) is 1. The minimum atomic E-state index is -0.347. The van der Waals surface area contributed by atoms with Crippen molar-refractivity contribution in [3.05, 3.63) is 72.3 Å². The van der Waals surface area contributed by atoms with Gasteiger partial charge < -0.3 is 14.6 Å². The van der Waals surface area contributed by atoms with Crippen molar-refractivity contribution < 1.29 is 13.9 Å². The van der Waals surface area contributed by atoms with Gasteiger partial charge in [-0.3, -0.25) is 14.7 Å². The summed E-state index contributed by atoms with van der Waals surface area (Å²) in [5, 5.41) is 3.05. The first-order chi connectivity index (χ1) is 18.4. The number of nitrogens with zero attached hydrogens (tertiary/aromatic N) is 4. The van der Waals surface area contributed by atoms with Crippen LogP contribution < -0.4 is 10.1 Å². The van der Waals surface area contributed by atoms with Gasteiger partial charge in [0.1, 0.15) is 23.0 Å². The lowest BCUT2D eigenvalue weighted by Crippen LogP contribution is -2.58. The summed E-state index contributed by atoms with van der Waals surface area (Å²) in [6, 6.07) is 15.5. The Bertz CT molecular complexity index is 1510. The summed E-state index contributed by atoms with van der Waals surface area (Å²) in [7, 11) is 4.04. The van der Waals surface area contributed by atoms with E-state index in [1.54, 1.807) is 36.5 Å². The number of anilines is 2. The van der Waals surface area contributed by atoms with Crippen LogP contribution in [0.1, 0.15) is 57.4 Å². The number of nitrogens with one attached hydrogen (secondary N) is 1. The third-order valence-corrected chi connectivity index (χ3v) is 8.09. The van der Waals surface area contributed by atoms with Crippen molar-refractivity contribution in [2.75, 3.05) is 12.4 Å². The predicted molar refractivity (Wildman–Crippen MR) is 152 cm³/mol. The smallest absolute Gasteiger partial charge is 0.208 e. The van der Waals surface area contributed by atoms with Gasteiger partial charge in [-0.25, -0.2) is 9.37 Å². The second kappa shape index (κ2) is 10.1. The first-order valence-electron chi connectivity index (χ1n) is 13.3. The predicted octanol–water partition coefficient (Wildman–Crippen LogP) is 7.12. The number of fused-ring (bicyclic) bond motifs is 1. The highest BCUT2D eigenvalue weighted by molar-refractivity contribution is 5.94. The number of carbonyl (C=O) groups is 1. The van der Waals surface area contributed by atoms with Gasteiger partial charge in [-0.2, -0.15) is 0 Å². The van der Waals surface area contributed by atoms with E-state index in [1.807, 2.05) is 29.8 Å². The standard InChI is InChI=1S/C31H36FN5O2/c1-30(2)18-20(19-31(3,4)37(30)6)15-28(38)26-17-22(13-14-33-26)39-21-11-12-27-25(16-21)35-29(36(27)5)34-24-10-8-7-9-23(24)32/h7-14,16-17,20H,15,18-19H2,1-6H3,(H,34,35). The molecule has 204 valence electrons. The fraction of sp³-hybridized carbons (Fsp3) is 0.387. The highest BCUT2D eigenvalue weighted by atomic mass is 19.1. The van der Waals surface area contributed by atoms with Crippen LogP contribution in [0.5, 0.6) is 11.5 Å². The van der Waals surface area contributed by atoms with Crippen LogP contribution >= 0.6 is 0 Å². The maximum Gasteiger partial charge on any atom is 0.208 e. The summed E-state index contributed by atoms with van der Waals surface area (Å²) in [5.41, 5.74) is 2.40. The lowest BCUT2D eigenvalue weighted by atomic mass is 9.72. The molecule has 1 aliphatic rings. The van der Waals surface area contributed by atoms with Crippen molar-refractivity contribution in [1.29, 1.82) is 0 Å². The summed E-state index contributed by atoms with van der Waals surface area (Å²) < 4.78 is 22.1. The van der Waals surface area contributed by atoms with Crippen LogP contribution in [0.4, 0.5) is 16.0 Å². The van der Waals surface area contributed by atoms with Crippen LogP contribution in [-0.2, 0) is 7.05 Å². The van der Waals surface area contributed by atoms with Crippen molar-refractivity contribution >= 4 is 28.5 Å². The van der Waals surface area contributed by atoms with Crippen LogP contribution in [0, 0.1) is 11.7 Å². The Morgan fingerprint density at radius 3 is 2.44 bits per heavy atom. The second-order valence-electron chi connectivity index (χ2n) is 11.8. The molecule has 0 bridgehead atoms. The number of aryl methyl sites for hydroxylation is 1. The number of para-hydroxylation sites is 1. The molecule has 4 aromatic rings. The number of carbonyl (C=O) groups excluding carboxylic acids is 1. The van der Waals surface area contributed by atoms with Crippen LogP contribution in [0.3, 0.4) is 0 Å². The quantitative estimate of drug-likeness (QED) is 0.257. The van der Waals surface area contributed by atoms with Gasteiger partial charge in [0.25, 0.3) is 0 Å². The molecule has 39 heavy (non-hydrogen) atoms. The molecule has 0 radical (unpaired) electrons. The van der Waals surface area contributed by atoms with Crippen molar-refractivity contribution in [3.63, 3.8) is 0 Å². The molecule has 1 aliphatic heterocycles. The Hall–Kier alpha value is -3.78. The highest BCUT2D eigenvalue weighted by Crippen LogP contribution is 2.41. The molecule has 2 aromatic carbocycles. The van der Waals surface area contributed by atoms with E-state index < -0.39 is 0 Å². The summed E-state index contributed by atoms with van der Waals surface area (Å²) in [6.45, 7) is 8.98. The minimum absolute atomic E-state index is 0.0276. The van der Waals surface area contributed by atoms with E-state index >= 15 is 0 Å². The highest BCUT2D eigenvalue weighted by Gasteiger charge is 2.43. The molecule has 1 N–H and O–H groups in total. The molecule has 1 fully saturated rings. The van der Waals surface area contributed by atoms with Crippen LogP contribution in [0.15, 0.2) is 60.8 Å². The van der Waals surface area contributed by atoms with E-state index in [1.165, 1.54) is 6.07 Å². The lowest BCUT2D eigenvalue weighted by Gasteiger charge is -2.53. The number of ketones is 1. The number of benzene rings is 2. The van der Waals surface area contributed by atoms with Gasteiger partial charge in [0.2, 0.25) is 5.95 Å². The van der Waals surface area contributed by atoms with Crippen LogP contribution in [-0.4, -0.2) is 43.3 Å². The maximum atomic E-state index is 14.1. The second-order valence-corrected chi connectivity index (χ2v) is 11.8. The fourth-order valence-electron chi connectivity index (χ4n) is 5.89. The number of rotatable bonds is 7. The van der Waals surface area contributed by atoms with E-state index in [0.29, 0.717) is 46.7 Å². The number of halogens is 1. The lowest BCUT2D eigenvalue weighted by molar-refractivity contribution is -0.0300. The molecule has 8 heteroatoms. The molecule has 5 rings (SSSR count). The topological polar surface area (TPSA) is 72.3 Å². The molecule has 0 aliphatic carbocycles. The zero-order valence-corrected chi connectivity index (χ0v) is 23.5. The van der Waals surface area contributed by atoms with Crippen molar-refractivity contribution in [3.8, 4) is 11.5 Å². The average Bonchev–Trinajstić information content (AvgIpc) is 3.18. The summed E-state index contributed by atoms with van der Waals surface area (Å²) in [5.74, 6) is 1.62. The zero-order valence-electron chi connectivity index (χ0n) is 23.5. The average molecular weight is 530 g/mol. The molecule has 1 saturated heterocycles. The van der Waals surface area contributed by atoms with E-state index in [9.17, 15) is 9.18 Å². The van der Waals surface area contributed by atoms with Gasteiger partial charge in [0, 0.05) is 42.9 Å². The van der Waals surface area contributed by atoms with Gasteiger partial charge in [-0.05, 0) is 83.8 Å². The van der Waals surface area contributed by atoms with E-state index in [4.69, 9.17) is 4.74 Å². The molecule has 0 atom stereocenters. The number of likely N-dealkylation sites (tertiary alicyclic amines) is 1. The molecule has 3 heterocycles. The first-order valence-corrected chi connectivity index (χ1v) is 13.3. The van der Waals surface area contributed by atoms with E-state index in [0.717, 1.165) is 18.4 Å². The molecule has 2 aromatic heterocycles. The van der Waals surface area contributed by atoms with E-state index in [2.05, 4.69) is 54.9 Å². The number of pyridine rings is 1. The zero-order chi connectivity index (χ0) is 27.9. The SMILES string of the molecule is CN1C(C)(C)CC(CC(=O)c2cc(Oc3ccc4c(c3)nc(Nc3ccccc3F)n4C)ccn2)CC1(C)C. The first kappa shape index (κ1) is 26.8. The number of aromatic nitrogens is 3. The molecular formula is C31H36FN5O2. The molecule has 0 amide bonds. The normalized spacial score (nSPS) is 17.3. The van der Waals surface area contributed by atoms with Gasteiger partial charge in [0.15, 0.2) is 5.78 Å². The van der Waals surface area contributed by atoms with Gasteiger partial charge in [0.05, 0.1) is 16.7 Å². The van der Waals surface area contributed by atoms with Crippen LogP contribution in [0.2, 0.25) is 0 Å². The number of Topliss-reactive ketones (excluding diaryl/α,β-unsaturated/α-hetero) is 1. The van der Waals surface area contributed by atoms with Crippen LogP contribution in [0.25, 0.3) is 11.0 Å². The third-order valence-electron chi connectivity index (χ3n) is 8.09. The van der Waals surface area contributed by atoms with E-state index in [-0.39, 0.29) is 22.7 Å². The Morgan fingerprint density at radius 1 is 1.03 bits per heavy atom. The Labute approximate surface area is 229 Å². The summed E-state index contributed by atoms with van der Waals surface area (Å²) in [6.07, 6.45) is 4.01. The molecule has 0 saturated carbocycles. The number of piperidine rings is 1. The monoisotopic (exact) mass is 529 g/mol. The van der Waals surface area contributed by atoms with Crippen molar-refractivity contribution in [2.24, 2.45) is 13.0 Å². The minimum Gasteiger partial charge on any atom is -0.457 e.